The van der Waals surface area contributed by atoms with Crippen LogP contribution in [0.3, 0.4) is 0 Å². The molecule has 0 N–H and O–H groups in total. The Labute approximate surface area is 182 Å². The predicted molar refractivity (Wildman–Crippen MR) is 112 cm³/mol. The summed E-state index contributed by atoms with van der Waals surface area (Å²) < 4.78 is 39.4. The van der Waals surface area contributed by atoms with Gasteiger partial charge in [-0.2, -0.15) is 18.3 Å². The molecule has 4 rings (SSSR count). The molecule has 0 saturated carbocycles. The molecular formula is C23H21F3N4O2. The zero-order valence-electron chi connectivity index (χ0n) is 17.1. The first-order valence-electron chi connectivity index (χ1n) is 10.3. The largest absolute Gasteiger partial charge is 0.433 e. The summed E-state index contributed by atoms with van der Waals surface area (Å²) in [5, 5.41) is 4.49. The average molecular weight is 442 g/mol. The van der Waals surface area contributed by atoms with E-state index in [4.69, 9.17) is 0 Å². The van der Waals surface area contributed by atoms with Crippen LogP contribution in [0.4, 0.5) is 13.2 Å². The molecule has 0 spiro atoms. The molecule has 1 saturated heterocycles. The lowest BCUT2D eigenvalue weighted by Crippen LogP contribution is -2.40. The van der Waals surface area contributed by atoms with Crippen LogP contribution in [-0.4, -0.2) is 38.7 Å². The smallest absolute Gasteiger partial charge is 0.339 e. The number of hydrogen-bond donors (Lipinski definition) is 0. The minimum absolute atomic E-state index is 0.130. The van der Waals surface area contributed by atoms with E-state index in [2.05, 4.69) is 10.1 Å². The highest BCUT2D eigenvalue weighted by Gasteiger charge is 2.32. The number of piperidine rings is 1. The standard InChI is InChI=1S/C23H21F3N4O2/c24-23(25,26)20-8-6-18(14-27-20)22(32)29-12-10-16(11-13-29)15-30-21(31)9-7-19(28-30)17-4-2-1-3-5-17/h1-9,14,16H,10-13,15H2. The Morgan fingerprint density at radius 3 is 2.34 bits per heavy atom. The van der Waals surface area contributed by atoms with Gasteiger partial charge in [0.15, 0.2) is 0 Å². The van der Waals surface area contributed by atoms with Crippen LogP contribution >= 0.6 is 0 Å². The van der Waals surface area contributed by atoms with Gasteiger partial charge in [0, 0.05) is 37.5 Å². The Balaban J connectivity index is 1.38. The second-order valence-electron chi connectivity index (χ2n) is 7.77. The molecule has 1 aliphatic rings. The van der Waals surface area contributed by atoms with Gasteiger partial charge in [0.1, 0.15) is 5.69 Å². The summed E-state index contributed by atoms with van der Waals surface area (Å²) in [6.07, 6.45) is -2.23. The Morgan fingerprint density at radius 2 is 1.72 bits per heavy atom. The van der Waals surface area contributed by atoms with Gasteiger partial charge in [-0.3, -0.25) is 14.6 Å². The molecule has 1 aromatic carbocycles. The zero-order valence-corrected chi connectivity index (χ0v) is 17.1. The van der Waals surface area contributed by atoms with E-state index in [0.717, 1.165) is 23.9 Å². The van der Waals surface area contributed by atoms with Gasteiger partial charge in [-0.25, -0.2) is 4.68 Å². The zero-order chi connectivity index (χ0) is 22.7. The number of amides is 1. The number of aromatic nitrogens is 3. The Morgan fingerprint density at radius 1 is 1.00 bits per heavy atom. The van der Waals surface area contributed by atoms with E-state index in [0.29, 0.717) is 38.2 Å². The maximum Gasteiger partial charge on any atom is 0.433 e. The molecule has 3 aromatic rings. The lowest BCUT2D eigenvalue weighted by Gasteiger charge is -2.32. The Kier molecular flexibility index (Phi) is 6.07. The van der Waals surface area contributed by atoms with Crippen molar-refractivity contribution in [1.29, 1.82) is 0 Å². The van der Waals surface area contributed by atoms with E-state index in [-0.39, 0.29) is 22.9 Å². The fourth-order valence-electron chi connectivity index (χ4n) is 3.78. The highest BCUT2D eigenvalue weighted by molar-refractivity contribution is 5.94. The van der Waals surface area contributed by atoms with Crippen LogP contribution in [0.1, 0.15) is 28.9 Å². The van der Waals surface area contributed by atoms with Gasteiger partial charge >= 0.3 is 6.18 Å². The van der Waals surface area contributed by atoms with Crippen molar-refractivity contribution < 1.29 is 18.0 Å². The second-order valence-corrected chi connectivity index (χ2v) is 7.77. The molecule has 1 aliphatic heterocycles. The van der Waals surface area contributed by atoms with Gasteiger partial charge in [-0.05, 0) is 37.0 Å². The molecule has 2 aromatic heterocycles. The van der Waals surface area contributed by atoms with Gasteiger partial charge < -0.3 is 4.90 Å². The fourth-order valence-corrected chi connectivity index (χ4v) is 3.78. The van der Waals surface area contributed by atoms with E-state index in [1.165, 1.54) is 10.7 Å². The third-order valence-electron chi connectivity index (χ3n) is 5.57. The van der Waals surface area contributed by atoms with Crippen molar-refractivity contribution in [2.24, 2.45) is 5.92 Å². The number of nitrogens with zero attached hydrogens (tertiary/aromatic N) is 4. The van der Waals surface area contributed by atoms with Gasteiger partial charge in [0.05, 0.1) is 11.3 Å². The van der Waals surface area contributed by atoms with Crippen LogP contribution in [0, 0.1) is 5.92 Å². The number of pyridine rings is 1. The molecule has 1 amide bonds. The molecule has 0 aliphatic carbocycles. The number of alkyl halides is 3. The average Bonchev–Trinajstić information content (AvgIpc) is 2.81. The van der Waals surface area contributed by atoms with Crippen molar-refractivity contribution >= 4 is 5.91 Å². The lowest BCUT2D eigenvalue weighted by molar-refractivity contribution is -0.141. The number of halogens is 3. The Bertz CT molecular complexity index is 1140. The van der Waals surface area contributed by atoms with Crippen LogP contribution in [-0.2, 0) is 12.7 Å². The van der Waals surface area contributed by atoms with Crippen LogP contribution in [0.15, 0.2) is 65.6 Å². The number of hydrogen-bond acceptors (Lipinski definition) is 4. The molecule has 0 atom stereocenters. The number of carbonyl (C=O) groups excluding carboxylic acids is 1. The number of likely N-dealkylation sites (tertiary alicyclic amines) is 1. The molecule has 1 fully saturated rings. The van der Waals surface area contributed by atoms with Crippen molar-refractivity contribution in [3.8, 4) is 11.3 Å². The van der Waals surface area contributed by atoms with Gasteiger partial charge in [-0.1, -0.05) is 30.3 Å². The predicted octanol–water partition coefficient (Wildman–Crippen LogP) is 3.88. The van der Waals surface area contributed by atoms with Crippen LogP contribution in [0.2, 0.25) is 0 Å². The number of benzene rings is 1. The summed E-state index contributed by atoms with van der Waals surface area (Å²) in [6, 6.07) is 14.8. The normalized spacial score (nSPS) is 15.0. The fraction of sp³-hybridized carbons (Fsp3) is 0.304. The highest BCUT2D eigenvalue weighted by Crippen LogP contribution is 2.27. The quantitative estimate of drug-likeness (QED) is 0.615. The van der Waals surface area contributed by atoms with Crippen molar-refractivity contribution in [2.75, 3.05) is 13.1 Å². The summed E-state index contributed by atoms with van der Waals surface area (Å²) in [4.78, 5) is 29.9. The van der Waals surface area contributed by atoms with E-state index in [9.17, 15) is 22.8 Å². The highest BCUT2D eigenvalue weighted by atomic mass is 19.4. The molecule has 0 radical (unpaired) electrons. The summed E-state index contributed by atoms with van der Waals surface area (Å²) in [7, 11) is 0. The molecule has 3 heterocycles. The molecule has 0 unspecified atom stereocenters. The summed E-state index contributed by atoms with van der Waals surface area (Å²) in [5.74, 6) is -0.174. The van der Waals surface area contributed by atoms with Crippen molar-refractivity contribution in [2.45, 2.75) is 25.6 Å². The summed E-state index contributed by atoms with van der Waals surface area (Å²) in [6.45, 7) is 1.36. The first-order valence-corrected chi connectivity index (χ1v) is 10.3. The van der Waals surface area contributed by atoms with E-state index >= 15 is 0 Å². The molecule has 32 heavy (non-hydrogen) atoms. The van der Waals surface area contributed by atoms with E-state index < -0.39 is 11.9 Å². The van der Waals surface area contributed by atoms with Gasteiger partial charge in [-0.15, -0.1) is 0 Å². The third kappa shape index (κ3) is 4.87. The lowest BCUT2D eigenvalue weighted by atomic mass is 9.96. The van der Waals surface area contributed by atoms with Crippen molar-refractivity contribution in [3.63, 3.8) is 0 Å². The molecule has 0 bridgehead atoms. The second kappa shape index (κ2) is 8.94. The van der Waals surface area contributed by atoms with Crippen molar-refractivity contribution in [3.05, 3.63) is 82.4 Å². The Hall–Kier alpha value is -3.49. The van der Waals surface area contributed by atoms with Gasteiger partial charge in [0.2, 0.25) is 0 Å². The number of carbonyl (C=O) groups is 1. The topological polar surface area (TPSA) is 68.1 Å². The van der Waals surface area contributed by atoms with E-state index in [1.807, 2.05) is 30.3 Å². The van der Waals surface area contributed by atoms with Crippen LogP contribution in [0.5, 0.6) is 0 Å². The minimum atomic E-state index is -4.54. The monoisotopic (exact) mass is 442 g/mol. The number of rotatable bonds is 4. The van der Waals surface area contributed by atoms with Crippen LogP contribution < -0.4 is 5.56 Å². The van der Waals surface area contributed by atoms with Gasteiger partial charge in [0.25, 0.3) is 11.5 Å². The van der Waals surface area contributed by atoms with E-state index in [1.54, 1.807) is 11.0 Å². The molecular weight excluding hydrogens is 421 g/mol. The third-order valence-corrected chi connectivity index (χ3v) is 5.57. The van der Waals surface area contributed by atoms with Crippen LogP contribution in [0.25, 0.3) is 11.3 Å². The molecule has 9 heteroatoms. The summed E-state index contributed by atoms with van der Waals surface area (Å²) >= 11 is 0. The summed E-state index contributed by atoms with van der Waals surface area (Å²) in [5.41, 5.74) is 0.562. The molecule has 166 valence electrons. The SMILES string of the molecule is O=C(c1ccc(C(F)(F)F)nc1)N1CCC(Cn2nc(-c3ccccc3)ccc2=O)CC1. The minimum Gasteiger partial charge on any atom is -0.339 e. The first-order chi connectivity index (χ1) is 15.3. The molecule has 6 nitrogen and oxygen atoms in total. The maximum atomic E-state index is 12.7. The first kappa shape index (κ1) is 21.7. The maximum absolute atomic E-state index is 12.7. The van der Waals surface area contributed by atoms with Crippen molar-refractivity contribution in [1.82, 2.24) is 19.7 Å².